The second kappa shape index (κ2) is 6.27. The number of ether oxygens (including phenoxy) is 3. The smallest absolute Gasteiger partial charge is 0.334 e. The summed E-state index contributed by atoms with van der Waals surface area (Å²) in [7, 11) is 1.61. The maximum atomic E-state index is 11.9. The summed E-state index contributed by atoms with van der Waals surface area (Å²) in [6.07, 6.45) is 3.29. The first-order chi connectivity index (χ1) is 9.24. The number of benzene rings is 1. The van der Waals surface area contributed by atoms with E-state index >= 15 is 0 Å². The Labute approximate surface area is 113 Å². The van der Waals surface area contributed by atoms with E-state index in [1.54, 1.807) is 7.11 Å². The Kier molecular flexibility index (Phi) is 4.44. The number of carbonyl (C=O) groups is 1. The molecule has 0 bridgehead atoms. The van der Waals surface area contributed by atoms with Crippen LogP contribution in [0.2, 0.25) is 0 Å². The second-order valence-corrected chi connectivity index (χ2v) is 4.25. The van der Waals surface area contributed by atoms with Gasteiger partial charge in [-0.15, -0.1) is 0 Å². The molecular weight excluding hydrogens is 244 g/mol. The molecule has 0 saturated carbocycles. The first kappa shape index (κ1) is 13.5. The molecule has 0 atom stereocenters. The first-order valence-electron chi connectivity index (χ1n) is 6.43. The van der Waals surface area contributed by atoms with Gasteiger partial charge in [0.25, 0.3) is 0 Å². The number of rotatable bonds is 3. The molecule has 0 radical (unpaired) electrons. The Morgan fingerprint density at radius 2 is 2.26 bits per heavy atom. The molecule has 1 heterocycles. The van der Waals surface area contributed by atoms with Crippen LogP contribution in [0.25, 0.3) is 6.08 Å². The Bertz CT molecular complexity index is 491. The highest BCUT2D eigenvalue weighted by Crippen LogP contribution is 2.29. The van der Waals surface area contributed by atoms with Crippen molar-refractivity contribution in [1.29, 1.82) is 0 Å². The van der Waals surface area contributed by atoms with Crippen LogP contribution < -0.4 is 9.47 Å². The molecular formula is C15H18O4. The number of methoxy groups -OCH3 is 1. The number of hydrogen-bond acceptors (Lipinski definition) is 4. The fourth-order valence-electron chi connectivity index (χ4n) is 1.99. The van der Waals surface area contributed by atoms with Crippen LogP contribution in [0.1, 0.15) is 25.3 Å². The number of esters is 1. The van der Waals surface area contributed by atoms with Crippen molar-refractivity contribution in [2.45, 2.75) is 19.8 Å². The van der Waals surface area contributed by atoms with Crippen molar-refractivity contribution in [3.05, 3.63) is 29.3 Å². The molecule has 4 heteroatoms. The summed E-state index contributed by atoms with van der Waals surface area (Å²) in [5, 5.41) is 0. The van der Waals surface area contributed by atoms with Crippen LogP contribution in [0, 0.1) is 0 Å². The van der Waals surface area contributed by atoms with Crippen molar-refractivity contribution >= 4 is 12.0 Å². The molecule has 1 aliphatic rings. The highest BCUT2D eigenvalue weighted by atomic mass is 16.5. The topological polar surface area (TPSA) is 44.8 Å². The van der Waals surface area contributed by atoms with Crippen molar-refractivity contribution in [2.24, 2.45) is 0 Å². The van der Waals surface area contributed by atoms with Crippen LogP contribution in [0.5, 0.6) is 11.5 Å². The van der Waals surface area contributed by atoms with E-state index in [9.17, 15) is 4.79 Å². The standard InChI is InChI=1S/C15H18O4/c1-3-18-15(16)11-5-4-8-19-14-7-6-13(17-2)10-12(14)9-11/h6-7,9-10H,3-5,8H2,1-2H3/b11-9+. The van der Waals surface area contributed by atoms with Crippen LogP contribution in [0.4, 0.5) is 0 Å². The average Bonchev–Trinajstić information content (AvgIpc) is 2.39. The Balaban J connectivity index is 2.37. The molecule has 0 unspecified atom stereocenters. The van der Waals surface area contributed by atoms with Crippen LogP contribution in [0.3, 0.4) is 0 Å². The fraction of sp³-hybridized carbons (Fsp3) is 0.400. The van der Waals surface area contributed by atoms with Gasteiger partial charge < -0.3 is 14.2 Å². The van der Waals surface area contributed by atoms with E-state index in [2.05, 4.69) is 0 Å². The van der Waals surface area contributed by atoms with Crippen molar-refractivity contribution < 1.29 is 19.0 Å². The molecule has 0 N–H and O–H groups in total. The number of fused-ring (bicyclic) bond motifs is 1. The summed E-state index contributed by atoms with van der Waals surface area (Å²) < 4.78 is 15.9. The quantitative estimate of drug-likeness (QED) is 0.786. The Morgan fingerprint density at radius 3 is 3.00 bits per heavy atom. The largest absolute Gasteiger partial charge is 0.497 e. The average molecular weight is 262 g/mol. The third-order valence-electron chi connectivity index (χ3n) is 2.93. The molecule has 0 fully saturated rings. The molecule has 0 spiro atoms. The maximum absolute atomic E-state index is 11.9. The van der Waals surface area contributed by atoms with Gasteiger partial charge in [0.1, 0.15) is 11.5 Å². The van der Waals surface area contributed by atoms with Crippen LogP contribution >= 0.6 is 0 Å². The van der Waals surface area contributed by atoms with Gasteiger partial charge in [-0.2, -0.15) is 0 Å². The van der Waals surface area contributed by atoms with E-state index < -0.39 is 0 Å². The van der Waals surface area contributed by atoms with Crippen molar-refractivity contribution in [2.75, 3.05) is 20.3 Å². The Morgan fingerprint density at radius 1 is 1.42 bits per heavy atom. The minimum atomic E-state index is -0.252. The van der Waals surface area contributed by atoms with Crippen molar-refractivity contribution in [3.63, 3.8) is 0 Å². The van der Waals surface area contributed by atoms with Gasteiger partial charge in [-0.05, 0) is 44.0 Å². The van der Waals surface area contributed by atoms with Crippen molar-refractivity contribution in [3.8, 4) is 11.5 Å². The molecule has 2 rings (SSSR count). The van der Waals surface area contributed by atoms with Gasteiger partial charge in [0, 0.05) is 11.1 Å². The zero-order valence-electron chi connectivity index (χ0n) is 11.3. The van der Waals surface area contributed by atoms with Gasteiger partial charge in [-0.3, -0.25) is 0 Å². The molecule has 1 aliphatic heterocycles. The van der Waals surface area contributed by atoms with Gasteiger partial charge in [-0.25, -0.2) is 4.79 Å². The van der Waals surface area contributed by atoms with E-state index in [1.807, 2.05) is 31.2 Å². The lowest BCUT2D eigenvalue weighted by atomic mass is 10.0. The lowest BCUT2D eigenvalue weighted by Crippen LogP contribution is -2.11. The highest BCUT2D eigenvalue weighted by molar-refractivity contribution is 5.94. The minimum Gasteiger partial charge on any atom is -0.497 e. The highest BCUT2D eigenvalue weighted by Gasteiger charge is 2.15. The summed E-state index contributed by atoms with van der Waals surface area (Å²) >= 11 is 0. The van der Waals surface area contributed by atoms with Gasteiger partial charge in [0.05, 0.1) is 20.3 Å². The van der Waals surface area contributed by atoms with E-state index in [-0.39, 0.29) is 5.97 Å². The zero-order valence-corrected chi connectivity index (χ0v) is 11.3. The third kappa shape index (κ3) is 3.28. The summed E-state index contributed by atoms with van der Waals surface area (Å²) in [4.78, 5) is 11.9. The van der Waals surface area contributed by atoms with Crippen molar-refractivity contribution in [1.82, 2.24) is 0 Å². The summed E-state index contributed by atoms with van der Waals surface area (Å²) in [5.41, 5.74) is 1.53. The predicted octanol–water partition coefficient (Wildman–Crippen LogP) is 2.81. The minimum absolute atomic E-state index is 0.252. The molecule has 0 aliphatic carbocycles. The molecule has 4 nitrogen and oxygen atoms in total. The lowest BCUT2D eigenvalue weighted by molar-refractivity contribution is -0.138. The molecule has 0 aromatic heterocycles. The third-order valence-corrected chi connectivity index (χ3v) is 2.93. The second-order valence-electron chi connectivity index (χ2n) is 4.25. The lowest BCUT2D eigenvalue weighted by Gasteiger charge is -2.15. The van der Waals surface area contributed by atoms with Gasteiger partial charge in [0.15, 0.2) is 0 Å². The van der Waals surface area contributed by atoms with Crippen LogP contribution in [0.15, 0.2) is 23.8 Å². The fourth-order valence-corrected chi connectivity index (χ4v) is 1.99. The number of hydrogen-bond donors (Lipinski definition) is 0. The molecule has 0 amide bonds. The molecule has 0 saturated heterocycles. The van der Waals surface area contributed by atoms with Gasteiger partial charge >= 0.3 is 5.97 Å². The van der Waals surface area contributed by atoms with Gasteiger partial charge in [-0.1, -0.05) is 0 Å². The molecule has 1 aromatic carbocycles. The predicted molar refractivity (Wildman–Crippen MR) is 72.3 cm³/mol. The normalized spacial score (nSPS) is 17.1. The first-order valence-corrected chi connectivity index (χ1v) is 6.43. The maximum Gasteiger partial charge on any atom is 0.334 e. The number of carbonyl (C=O) groups excluding carboxylic acids is 1. The van der Waals surface area contributed by atoms with E-state index in [4.69, 9.17) is 14.2 Å². The molecule has 19 heavy (non-hydrogen) atoms. The summed E-state index contributed by atoms with van der Waals surface area (Å²) in [6.45, 7) is 2.79. The molecule has 1 aromatic rings. The summed E-state index contributed by atoms with van der Waals surface area (Å²) in [6, 6.07) is 5.57. The Hall–Kier alpha value is -1.97. The summed E-state index contributed by atoms with van der Waals surface area (Å²) in [5.74, 6) is 1.25. The van der Waals surface area contributed by atoms with Crippen LogP contribution in [-0.2, 0) is 9.53 Å². The molecule has 102 valence electrons. The monoisotopic (exact) mass is 262 g/mol. The SMILES string of the molecule is CCOC(=O)/C1=C/c2cc(OC)ccc2OCCC1. The van der Waals surface area contributed by atoms with E-state index in [0.29, 0.717) is 25.2 Å². The van der Waals surface area contributed by atoms with E-state index in [1.165, 1.54) is 0 Å². The van der Waals surface area contributed by atoms with Crippen LogP contribution in [-0.4, -0.2) is 26.3 Å². The van der Waals surface area contributed by atoms with Gasteiger partial charge in [0.2, 0.25) is 0 Å². The zero-order chi connectivity index (χ0) is 13.7. The van der Waals surface area contributed by atoms with E-state index in [0.717, 1.165) is 23.5 Å².